The van der Waals surface area contributed by atoms with Gasteiger partial charge >= 0.3 is 0 Å². The summed E-state index contributed by atoms with van der Waals surface area (Å²) in [5, 5.41) is 0. The van der Waals surface area contributed by atoms with Gasteiger partial charge < -0.3 is 4.74 Å². The maximum atomic E-state index is 12.0. The van der Waals surface area contributed by atoms with Crippen LogP contribution in [0.3, 0.4) is 0 Å². The Morgan fingerprint density at radius 1 is 1.10 bits per heavy atom. The predicted molar refractivity (Wildman–Crippen MR) is 90.1 cm³/mol. The molecule has 2 rings (SSSR count). The molecule has 2 aromatic carbocycles. The number of carbonyl (C=O) groups excluding carboxylic acids is 1. The lowest BCUT2D eigenvalue weighted by molar-refractivity contribution is 0.104. The third kappa shape index (κ3) is 4.20. The summed E-state index contributed by atoms with van der Waals surface area (Å²) in [6.07, 6.45) is 3.41. The molecule has 0 radical (unpaired) electrons. The number of hydrogen-bond acceptors (Lipinski definition) is 2. The fourth-order valence-corrected chi connectivity index (χ4v) is 2.08. The first-order chi connectivity index (χ1) is 9.69. The molecular formula is C17H15IO2. The lowest BCUT2D eigenvalue weighted by Crippen LogP contribution is -1.93. The monoisotopic (exact) mass is 378 g/mol. The van der Waals surface area contributed by atoms with Gasteiger partial charge in [-0.25, -0.2) is 0 Å². The second-order valence-corrected chi connectivity index (χ2v) is 5.45. The van der Waals surface area contributed by atoms with Gasteiger partial charge in [-0.1, -0.05) is 30.3 Å². The van der Waals surface area contributed by atoms with Crippen molar-refractivity contribution in [2.45, 2.75) is 6.92 Å². The van der Waals surface area contributed by atoms with Crippen molar-refractivity contribution in [3.05, 3.63) is 69.3 Å². The topological polar surface area (TPSA) is 26.3 Å². The number of hydrogen-bond donors (Lipinski definition) is 0. The third-order valence-electron chi connectivity index (χ3n) is 2.75. The SMILES string of the molecule is CCOc1ccc(C=CC(=O)c2ccc(I)cc2)cc1. The highest BCUT2D eigenvalue weighted by Crippen LogP contribution is 2.14. The van der Waals surface area contributed by atoms with E-state index in [1.54, 1.807) is 6.08 Å². The van der Waals surface area contributed by atoms with Crippen LogP contribution < -0.4 is 4.74 Å². The molecule has 0 aliphatic rings. The van der Waals surface area contributed by atoms with E-state index in [1.165, 1.54) is 0 Å². The molecule has 3 heteroatoms. The number of ketones is 1. The first-order valence-corrected chi connectivity index (χ1v) is 7.48. The Morgan fingerprint density at radius 2 is 1.75 bits per heavy atom. The number of rotatable bonds is 5. The van der Waals surface area contributed by atoms with E-state index in [0.717, 1.165) is 14.9 Å². The molecule has 0 heterocycles. The standard InChI is InChI=1S/C17H15IO2/c1-2-20-16-10-3-13(4-11-16)5-12-17(19)14-6-8-15(18)9-7-14/h3-12H,2H2,1H3. The van der Waals surface area contributed by atoms with Crippen molar-refractivity contribution < 1.29 is 9.53 Å². The molecule has 0 N–H and O–H groups in total. The van der Waals surface area contributed by atoms with Gasteiger partial charge in [0.2, 0.25) is 0 Å². The molecule has 0 saturated carbocycles. The van der Waals surface area contributed by atoms with Gasteiger partial charge in [0.1, 0.15) is 5.75 Å². The maximum absolute atomic E-state index is 12.0. The molecule has 2 nitrogen and oxygen atoms in total. The Hall–Kier alpha value is -1.62. The van der Waals surface area contributed by atoms with Crippen LogP contribution in [-0.2, 0) is 0 Å². The van der Waals surface area contributed by atoms with E-state index in [-0.39, 0.29) is 5.78 Å². The van der Waals surface area contributed by atoms with Crippen LogP contribution >= 0.6 is 22.6 Å². The molecule has 0 unspecified atom stereocenters. The normalized spacial score (nSPS) is 10.7. The van der Waals surface area contributed by atoms with E-state index in [0.29, 0.717) is 12.2 Å². The van der Waals surface area contributed by atoms with Crippen LogP contribution in [0, 0.1) is 3.57 Å². The lowest BCUT2D eigenvalue weighted by atomic mass is 10.1. The molecule has 20 heavy (non-hydrogen) atoms. The molecule has 0 bridgehead atoms. The van der Waals surface area contributed by atoms with Crippen molar-refractivity contribution in [1.29, 1.82) is 0 Å². The molecule has 0 aliphatic heterocycles. The first-order valence-electron chi connectivity index (χ1n) is 6.40. The van der Waals surface area contributed by atoms with Gasteiger partial charge in [0, 0.05) is 9.13 Å². The largest absolute Gasteiger partial charge is 0.494 e. The smallest absolute Gasteiger partial charge is 0.185 e. The van der Waals surface area contributed by atoms with Crippen LogP contribution in [0.5, 0.6) is 5.75 Å². The average molecular weight is 378 g/mol. The van der Waals surface area contributed by atoms with E-state index in [1.807, 2.05) is 61.5 Å². The molecule has 0 aromatic heterocycles. The highest BCUT2D eigenvalue weighted by atomic mass is 127. The van der Waals surface area contributed by atoms with Gasteiger partial charge in [0.05, 0.1) is 6.61 Å². The second-order valence-electron chi connectivity index (χ2n) is 4.21. The summed E-state index contributed by atoms with van der Waals surface area (Å²) < 4.78 is 6.50. The van der Waals surface area contributed by atoms with Crippen LogP contribution in [0.1, 0.15) is 22.8 Å². The van der Waals surface area contributed by atoms with Gasteiger partial charge in [-0.05, 0) is 65.4 Å². The molecule has 0 spiro atoms. The fraction of sp³-hybridized carbons (Fsp3) is 0.118. The lowest BCUT2D eigenvalue weighted by Gasteiger charge is -2.02. The highest BCUT2D eigenvalue weighted by Gasteiger charge is 2.00. The van der Waals surface area contributed by atoms with Crippen molar-refractivity contribution >= 4 is 34.5 Å². The average Bonchev–Trinajstić information content (AvgIpc) is 2.47. The van der Waals surface area contributed by atoms with E-state index in [9.17, 15) is 4.79 Å². The zero-order valence-corrected chi connectivity index (χ0v) is 13.3. The van der Waals surface area contributed by atoms with Crippen LogP contribution in [0.4, 0.5) is 0 Å². The van der Waals surface area contributed by atoms with Crippen LogP contribution in [-0.4, -0.2) is 12.4 Å². The summed E-state index contributed by atoms with van der Waals surface area (Å²) >= 11 is 2.22. The quantitative estimate of drug-likeness (QED) is 0.432. The molecule has 102 valence electrons. The van der Waals surface area contributed by atoms with Crippen molar-refractivity contribution in [2.24, 2.45) is 0 Å². The van der Waals surface area contributed by atoms with Gasteiger partial charge in [-0.2, -0.15) is 0 Å². The van der Waals surface area contributed by atoms with E-state index in [2.05, 4.69) is 22.6 Å². The maximum Gasteiger partial charge on any atom is 0.185 e. The fourth-order valence-electron chi connectivity index (χ4n) is 1.72. The van der Waals surface area contributed by atoms with Gasteiger partial charge in [-0.3, -0.25) is 4.79 Å². The number of carbonyl (C=O) groups is 1. The highest BCUT2D eigenvalue weighted by molar-refractivity contribution is 14.1. The molecule has 0 amide bonds. The Kier molecular flexibility index (Phi) is 5.35. The number of halogens is 1. The minimum atomic E-state index is 0.00952. The summed E-state index contributed by atoms with van der Waals surface area (Å²) in [5.41, 5.74) is 1.68. The molecule has 0 saturated heterocycles. The minimum absolute atomic E-state index is 0.00952. The van der Waals surface area contributed by atoms with Gasteiger partial charge in [0.15, 0.2) is 5.78 Å². The number of benzene rings is 2. The summed E-state index contributed by atoms with van der Waals surface area (Å²) in [7, 11) is 0. The van der Waals surface area contributed by atoms with Gasteiger partial charge in [0.25, 0.3) is 0 Å². The Morgan fingerprint density at radius 3 is 2.35 bits per heavy atom. The van der Waals surface area contributed by atoms with Crippen LogP contribution in [0.15, 0.2) is 54.6 Å². The molecule has 0 aliphatic carbocycles. The zero-order chi connectivity index (χ0) is 14.4. The Bertz CT molecular complexity index is 598. The van der Waals surface area contributed by atoms with Crippen molar-refractivity contribution in [1.82, 2.24) is 0 Å². The number of allylic oxidation sites excluding steroid dienone is 1. The van der Waals surface area contributed by atoms with Crippen molar-refractivity contribution in [3.63, 3.8) is 0 Å². The first kappa shape index (κ1) is 14.8. The Labute approximate surface area is 132 Å². The molecule has 0 atom stereocenters. The summed E-state index contributed by atoms with van der Waals surface area (Å²) in [5.74, 6) is 0.851. The van der Waals surface area contributed by atoms with E-state index >= 15 is 0 Å². The molecule has 2 aromatic rings. The van der Waals surface area contributed by atoms with Gasteiger partial charge in [-0.15, -0.1) is 0 Å². The Balaban J connectivity index is 2.04. The van der Waals surface area contributed by atoms with Crippen LogP contribution in [0.2, 0.25) is 0 Å². The van der Waals surface area contributed by atoms with E-state index in [4.69, 9.17) is 4.74 Å². The number of ether oxygens (including phenoxy) is 1. The van der Waals surface area contributed by atoms with Crippen molar-refractivity contribution in [3.8, 4) is 5.75 Å². The van der Waals surface area contributed by atoms with E-state index < -0.39 is 0 Å². The summed E-state index contributed by atoms with van der Waals surface area (Å²) in [6, 6.07) is 15.2. The predicted octanol–water partition coefficient (Wildman–Crippen LogP) is 4.59. The minimum Gasteiger partial charge on any atom is -0.494 e. The summed E-state index contributed by atoms with van der Waals surface area (Å²) in [6.45, 7) is 2.61. The third-order valence-corrected chi connectivity index (χ3v) is 3.47. The summed E-state index contributed by atoms with van der Waals surface area (Å²) in [4.78, 5) is 12.0. The van der Waals surface area contributed by atoms with Crippen LogP contribution in [0.25, 0.3) is 6.08 Å². The second kappa shape index (κ2) is 7.24. The van der Waals surface area contributed by atoms with Crippen molar-refractivity contribution in [2.75, 3.05) is 6.61 Å². The zero-order valence-electron chi connectivity index (χ0n) is 11.2. The molecule has 0 fully saturated rings. The molecular weight excluding hydrogens is 363 g/mol.